The molecule has 0 aliphatic heterocycles. The number of aromatic nitrogens is 2. The van der Waals surface area contributed by atoms with Gasteiger partial charge in [0.1, 0.15) is 0 Å². The van der Waals surface area contributed by atoms with Crippen LogP contribution in [-0.4, -0.2) is 30.4 Å². The molecule has 0 saturated carbocycles. The van der Waals surface area contributed by atoms with Crippen LogP contribution in [0.1, 0.15) is 19.2 Å². The van der Waals surface area contributed by atoms with Crippen molar-refractivity contribution < 1.29 is 13.5 Å². The van der Waals surface area contributed by atoms with Crippen molar-refractivity contribution in [2.24, 2.45) is 0 Å². The van der Waals surface area contributed by atoms with Crippen molar-refractivity contribution >= 4 is 0 Å². The molecule has 1 N–H and O–H groups in total. The molecule has 5 nitrogen and oxygen atoms in total. The first-order valence-corrected chi connectivity index (χ1v) is 6.61. The summed E-state index contributed by atoms with van der Waals surface area (Å²) in [7, 11) is 1.42. The Bertz CT molecular complexity index is 557. The first kappa shape index (κ1) is 14.5. The van der Waals surface area contributed by atoms with Crippen LogP contribution in [0.5, 0.6) is 5.75 Å². The third-order valence-electron chi connectivity index (χ3n) is 2.81. The van der Waals surface area contributed by atoms with E-state index in [4.69, 9.17) is 9.15 Å². The van der Waals surface area contributed by atoms with Gasteiger partial charge in [-0.15, -0.1) is 10.2 Å². The summed E-state index contributed by atoms with van der Waals surface area (Å²) in [6.07, 6.45) is 1.76. The van der Waals surface area contributed by atoms with Crippen LogP contribution in [0, 0.1) is 5.82 Å². The molecule has 0 unspecified atom stereocenters. The van der Waals surface area contributed by atoms with E-state index in [1.54, 1.807) is 12.1 Å². The van der Waals surface area contributed by atoms with E-state index in [2.05, 4.69) is 22.4 Å². The van der Waals surface area contributed by atoms with Gasteiger partial charge in [-0.05, 0) is 31.2 Å². The standard InChI is InChI=1S/C14H18FN3O2/c1-3-7-16-8-6-13-17-18-14(20-13)10-4-5-11(15)12(9-10)19-2/h4-5,9,16H,3,6-8H2,1-2H3. The SMILES string of the molecule is CCCNCCc1nnc(-c2ccc(F)c(OC)c2)o1. The third-order valence-corrected chi connectivity index (χ3v) is 2.81. The van der Waals surface area contributed by atoms with Gasteiger partial charge in [-0.2, -0.15) is 0 Å². The average Bonchev–Trinajstić information content (AvgIpc) is 2.93. The molecule has 0 aliphatic rings. The Kier molecular flexibility index (Phi) is 5.06. The van der Waals surface area contributed by atoms with Gasteiger partial charge < -0.3 is 14.5 Å². The summed E-state index contributed by atoms with van der Waals surface area (Å²) in [5.74, 6) is 0.673. The molecule has 20 heavy (non-hydrogen) atoms. The topological polar surface area (TPSA) is 60.2 Å². The zero-order valence-electron chi connectivity index (χ0n) is 11.6. The van der Waals surface area contributed by atoms with Crippen molar-refractivity contribution in [3.8, 4) is 17.2 Å². The van der Waals surface area contributed by atoms with Crippen molar-refractivity contribution in [2.75, 3.05) is 20.2 Å². The molecule has 1 aromatic heterocycles. The summed E-state index contributed by atoms with van der Waals surface area (Å²) in [5, 5.41) is 11.2. The molecule has 0 saturated heterocycles. The molecular weight excluding hydrogens is 261 g/mol. The Balaban J connectivity index is 2.04. The molecular formula is C14H18FN3O2. The number of nitrogens with one attached hydrogen (secondary N) is 1. The molecule has 0 atom stereocenters. The molecule has 0 aliphatic carbocycles. The predicted molar refractivity (Wildman–Crippen MR) is 73.1 cm³/mol. The molecule has 0 spiro atoms. The van der Waals surface area contributed by atoms with E-state index in [-0.39, 0.29) is 5.75 Å². The van der Waals surface area contributed by atoms with Crippen molar-refractivity contribution in [1.29, 1.82) is 0 Å². The van der Waals surface area contributed by atoms with E-state index < -0.39 is 5.82 Å². The van der Waals surface area contributed by atoms with E-state index in [1.807, 2.05) is 0 Å². The van der Waals surface area contributed by atoms with Crippen LogP contribution in [0.25, 0.3) is 11.5 Å². The molecule has 108 valence electrons. The van der Waals surface area contributed by atoms with Gasteiger partial charge in [0.05, 0.1) is 7.11 Å². The zero-order chi connectivity index (χ0) is 14.4. The summed E-state index contributed by atoms with van der Waals surface area (Å²) in [6.45, 7) is 3.87. The molecule has 1 aromatic carbocycles. The molecule has 0 amide bonds. The summed E-state index contributed by atoms with van der Waals surface area (Å²) >= 11 is 0. The lowest BCUT2D eigenvalue weighted by Crippen LogP contribution is -2.17. The van der Waals surface area contributed by atoms with Gasteiger partial charge in [0.25, 0.3) is 0 Å². The number of nitrogens with zero attached hydrogens (tertiary/aromatic N) is 2. The van der Waals surface area contributed by atoms with Crippen LogP contribution in [0.2, 0.25) is 0 Å². The van der Waals surface area contributed by atoms with Gasteiger partial charge in [0.2, 0.25) is 11.8 Å². The largest absolute Gasteiger partial charge is 0.494 e. The van der Waals surface area contributed by atoms with E-state index in [0.29, 0.717) is 23.8 Å². The number of hydrogen-bond donors (Lipinski definition) is 1. The van der Waals surface area contributed by atoms with Crippen molar-refractivity contribution in [1.82, 2.24) is 15.5 Å². The van der Waals surface area contributed by atoms with Crippen LogP contribution in [0.15, 0.2) is 22.6 Å². The minimum atomic E-state index is -0.417. The normalized spacial score (nSPS) is 10.8. The van der Waals surface area contributed by atoms with Gasteiger partial charge in [0.15, 0.2) is 11.6 Å². The molecule has 1 heterocycles. The lowest BCUT2D eigenvalue weighted by atomic mass is 10.2. The van der Waals surface area contributed by atoms with Crippen LogP contribution >= 0.6 is 0 Å². The van der Waals surface area contributed by atoms with Gasteiger partial charge in [0, 0.05) is 18.5 Å². The first-order chi connectivity index (χ1) is 9.74. The monoisotopic (exact) mass is 279 g/mol. The van der Waals surface area contributed by atoms with Crippen LogP contribution in [0.3, 0.4) is 0 Å². The van der Waals surface area contributed by atoms with Crippen LogP contribution in [-0.2, 0) is 6.42 Å². The Morgan fingerprint density at radius 3 is 2.90 bits per heavy atom. The lowest BCUT2D eigenvalue weighted by molar-refractivity contribution is 0.386. The Morgan fingerprint density at radius 2 is 2.15 bits per heavy atom. The maximum Gasteiger partial charge on any atom is 0.247 e. The molecule has 6 heteroatoms. The van der Waals surface area contributed by atoms with E-state index in [0.717, 1.165) is 19.5 Å². The molecule has 2 rings (SSSR count). The summed E-state index contributed by atoms with van der Waals surface area (Å²) in [6, 6.07) is 4.45. The quantitative estimate of drug-likeness (QED) is 0.789. The van der Waals surface area contributed by atoms with Gasteiger partial charge in [-0.25, -0.2) is 4.39 Å². The molecule has 0 bridgehead atoms. The highest BCUT2D eigenvalue weighted by atomic mass is 19.1. The number of ether oxygens (including phenoxy) is 1. The summed E-state index contributed by atoms with van der Waals surface area (Å²) in [5.41, 5.74) is 0.642. The van der Waals surface area contributed by atoms with E-state index in [9.17, 15) is 4.39 Å². The number of benzene rings is 1. The maximum absolute atomic E-state index is 13.3. The molecule has 2 aromatic rings. The summed E-state index contributed by atoms with van der Waals surface area (Å²) < 4.78 is 23.8. The lowest BCUT2D eigenvalue weighted by Gasteiger charge is -2.02. The van der Waals surface area contributed by atoms with Crippen molar-refractivity contribution in [3.05, 3.63) is 29.9 Å². The van der Waals surface area contributed by atoms with E-state index in [1.165, 1.54) is 13.2 Å². The van der Waals surface area contributed by atoms with Crippen molar-refractivity contribution in [3.63, 3.8) is 0 Å². The highest BCUT2D eigenvalue weighted by Crippen LogP contribution is 2.25. The Hall–Kier alpha value is -1.95. The second kappa shape index (κ2) is 7.00. The van der Waals surface area contributed by atoms with Gasteiger partial charge in [-0.1, -0.05) is 6.92 Å². The second-order valence-electron chi connectivity index (χ2n) is 4.35. The average molecular weight is 279 g/mol. The fraction of sp³-hybridized carbons (Fsp3) is 0.429. The predicted octanol–water partition coefficient (Wildman–Crippen LogP) is 2.43. The number of methoxy groups -OCH3 is 1. The van der Waals surface area contributed by atoms with Gasteiger partial charge in [-0.3, -0.25) is 0 Å². The molecule has 0 radical (unpaired) electrons. The van der Waals surface area contributed by atoms with Crippen molar-refractivity contribution in [2.45, 2.75) is 19.8 Å². The van der Waals surface area contributed by atoms with E-state index >= 15 is 0 Å². The maximum atomic E-state index is 13.3. The van der Waals surface area contributed by atoms with Crippen LogP contribution < -0.4 is 10.1 Å². The van der Waals surface area contributed by atoms with Gasteiger partial charge >= 0.3 is 0 Å². The van der Waals surface area contributed by atoms with Crippen LogP contribution in [0.4, 0.5) is 4.39 Å². The highest BCUT2D eigenvalue weighted by molar-refractivity contribution is 5.55. The fourth-order valence-corrected chi connectivity index (χ4v) is 1.76. The zero-order valence-corrected chi connectivity index (χ0v) is 11.6. The fourth-order valence-electron chi connectivity index (χ4n) is 1.76. The highest BCUT2D eigenvalue weighted by Gasteiger charge is 2.11. The first-order valence-electron chi connectivity index (χ1n) is 6.61. The second-order valence-corrected chi connectivity index (χ2v) is 4.35. The molecule has 0 fully saturated rings. The third kappa shape index (κ3) is 3.54. The number of rotatable bonds is 7. The summed E-state index contributed by atoms with van der Waals surface area (Å²) in [4.78, 5) is 0. The number of halogens is 1. The Labute approximate surface area is 117 Å². The Morgan fingerprint density at radius 1 is 1.30 bits per heavy atom. The number of hydrogen-bond acceptors (Lipinski definition) is 5. The minimum Gasteiger partial charge on any atom is -0.494 e. The minimum absolute atomic E-state index is 0.159. The smallest absolute Gasteiger partial charge is 0.247 e.